The Hall–Kier alpha value is -2.18. The number of fused-ring (bicyclic) bond motifs is 1. The second-order valence-electron chi connectivity index (χ2n) is 8.29. The highest BCUT2D eigenvalue weighted by molar-refractivity contribution is 8.01. The summed E-state index contributed by atoms with van der Waals surface area (Å²) in [6, 6.07) is 13.8. The Morgan fingerprint density at radius 3 is 2.66 bits per heavy atom. The molecule has 6 heteroatoms. The highest BCUT2D eigenvalue weighted by atomic mass is 32.2. The Balaban J connectivity index is 1.31. The number of hydrogen-bond acceptors (Lipinski definition) is 5. The van der Waals surface area contributed by atoms with Crippen molar-refractivity contribution < 1.29 is 14.6 Å². The van der Waals surface area contributed by atoms with Crippen LogP contribution in [-0.2, 0) is 11.3 Å². The summed E-state index contributed by atoms with van der Waals surface area (Å²) in [5, 5.41) is 12.9. The second-order valence-corrected chi connectivity index (χ2v) is 9.79. The largest absolute Gasteiger partial charge is 0.478 e. The van der Waals surface area contributed by atoms with Crippen molar-refractivity contribution in [3.8, 4) is 0 Å². The number of nitrogen functional groups attached to an aromatic ring is 1. The highest BCUT2D eigenvalue weighted by Gasteiger charge is 2.42. The van der Waals surface area contributed by atoms with Crippen molar-refractivity contribution >= 4 is 29.1 Å². The molecule has 2 aliphatic rings. The molecule has 1 aliphatic heterocycles. The molecule has 2 aromatic rings. The van der Waals surface area contributed by atoms with E-state index in [1.165, 1.54) is 5.56 Å². The van der Waals surface area contributed by atoms with Gasteiger partial charge in [0, 0.05) is 22.9 Å². The number of carbonyl (C=O) groups is 1. The van der Waals surface area contributed by atoms with Crippen LogP contribution in [0.1, 0.15) is 48.5 Å². The highest BCUT2D eigenvalue weighted by Crippen LogP contribution is 2.53. The molecule has 154 valence electrons. The Bertz CT molecular complexity index is 881. The summed E-state index contributed by atoms with van der Waals surface area (Å²) >= 11 is 1.78. The summed E-state index contributed by atoms with van der Waals surface area (Å²) < 4.78 is 5.95. The Morgan fingerprint density at radius 1 is 1.24 bits per heavy atom. The lowest BCUT2D eigenvalue weighted by atomic mass is 9.79. The van der Waals surface area contributed by atoms with Crippen molar-refractivity contribution in [1.29, 1.82) is 0 Å². The van der Waals surface area contributed by atoms with Gasteiger partial charge in [0.05, 0.1) is 17.0 Å². The maximum absolute atomic E-state index is 11.4. The summed E-state index contributed by atoms with van der Waals surface area (Å²) in [6.45, 7) is 3.72. The van der Waals surface area contributed by atoms with Gasteiger partial charge in [0.15, 0.2) is 0 Å². The van der Waals surface area contributed by atoms with Crippen LogP contribution in [0.25, 0.3) is 0 Å². The number of thioether (sulfide) groups is 1. The van der Waals surface area contributed by atoms with Crippen LogP contribution >= 0.6 is 11.8 Å². The van der Waals surface area contributed by atoms with E-state index in [9.17, 15) is 9.90 Å². The topological polar surface area (TPSA) is 84.6 Å². The fraction of sp³-hybridized carbons (Fsp3) is 0.435. The molecule has 1 atom stereocenters. The van der Waals surface area contributed by atoms with Crippen molar-refractivity contribution in [2.24, 2.45) is 11.8 Å². The van der Waals surface area contributed by atoms with Crippen molar-refractivity contribution in [3.05, 3.63) is 53.6 Å². The Labute approximate surface area is 176 Å². The van der Waals surface area contributed by atoms with E-state index >= 15 is 0 Å². The zero-order valence-corrected chi connectivity index (χ0v) is 17.5. The maximum Gasteiger partial charge on any atom is 0.337 e. The number of rotatable bonds is 6. The minimum atomic E-state index is -0.985. The number of aromatic carboxylic acids is 1. The minimum absolute atomic E-state index is 0.123. The predicted octanol–water partition coefficient (Wildman–Crippen LogP) is 5.22. The number of hydrogen-bond donors (Lipinski definition) is 3. The third kappa shape index (κ3) is 4.38. The Kier molecular flexibility index (Phi) is 5.74. The first kappa shape index (κ1) is 20.1. The van der Waals surface area contributed by atoms with E-state index in [0.29, 0.717) is 24.1 Å². The SMILES string of the molecule is CC1(C2CCC(COCc3ccccc3)CC2)Nc2cc(C(=O)O)c(N)cc2S1. The van der Waals surface area contributed by atoms with E-state index in [4.69, 9.17) is 10.5 Å². The maximum atomic E-state index is 11.4. The van der Waals surface area contributed by atoms with Crippen LogP contribution in [0.3, 0.4) is 0 Å². The summed E-state index contributed by atoms with van der Waals surface area (Å²) in [5.74, 6) is 0.156. The lowest BCUT2D eigenvalue weighted by molar-refractivity contribution is 0.0650. The summed E-state index contributed by atoms with van der Waals surface area (Å²) in [5.41, 5.74) is 8.53. The lowest BCUT2D eigenvalue weighted by Gasteiger charge is -2.38. The van der Waals surface area contributed by atoms with Gasteiger partial charge in [0.25, 0.3) is 0 Å². The fourth-order valence-electron chi connectivity index (χ4n) is 4.47. The first-order valence-corrected chi connectivity index (χ1v) is 11.0. The van der Waals surface area contributed by atoms with Crippen LogP contribution in [0, 0.1) is 11.8 Å². The van der Waals surface area contributed by atoms with Crippen LogP contribution in [-0.4, -0.2) is 22.6 Å². The zero-order chi connectivity index (χ0) is 20.4. The monoisotopic (exact) mass is 412 g/mol. The number of carboxylic acids is 1. The molecule has 5 nitrogen and oxygen atoms in total. The van der Waals surface area contributed by atoms with Crippen molar-refractivity contribution in [2.75, 3.05) is 17.7 Å². The molecule has 1 aliphatic carbocycles. The standard InChI is InChI=1S/C23H28N2O3S/c1-23(25-20-11-18(22(26)27)19(24)12-21(20)29-23)17-9-7-16(8-10-17)14-28-13-15-5-3-2-4-6-15/h2-6,11-12,16-17,25H,7-10,13-14,24H2,1H3,(H,26,27). The van der Waals surface area contributed by atoms with Gasteiger partial charge in [-0.25, -0.2) is 4.79 Å². The van der Waals surface area contributed by atoms with Gasteiger partial charge in [0.1, 0.15) is 0 Å². The van der Waals surface area contributed by atoms with Gasteiger partial charge in [-0.15, -0.1) is 0 Å². The predicted molar refractivity (Wildman–Crippen MR) is 117 cm³/mol. The first-order valence-electron chi connectivity index (χ1n) is 10.2. The van der Waals surface area contributed by atoms with Gasteiger partial charge in [-0.3, -0.25) is 0 Å². The average Bonchev–Trinajstić information content (AvgIpc) is 3.04. The molecule has 4 rings (SSSR count). The van der Waals surface area contributed by atoms with Crippen LogP contribution < -0.4 is 11.1 Å². The average molecular weight is 413 g/mol. The third-order valence-electron chi connectivity index (χ3n) is 6.18. The van der Waals surface area contributed by atoms with E-state index < -0.39 is 5.97 Å². The molecular formula is C23H28N2O3S. The molecule has 0 bridgehead atoms. The molecule has 1 fully saturated rings. The van der Waals surface area contributed by atoms with Crippen molar-refractivity contribution in [3.63, 3.8) is 0 Å². The molecule has 0 spiro atoms. The fourth-order valence-corrected chi connectivity index (χ4v) is 5.89. The smallest absolute Gasteiger partial charge is 0.337 e. The molecule has 2 aromatic carbocycles. The van der Waals surface area contributed by atoms with Crippen LogP contribution in [0.2, 0.25) is 0 Å². The van der Waals surface area contributed by atoms with Crippen LogP contribution in [0.15, 0.2) is 47.4 Å². The number of ether oxygens (including phenoxy) is 1. The van der Waals surface area contributed by atoms with Gasteiger partial charge in [-0.1, -0.05) is 42.1 Å². The van der Waals surface area contributed by atoms with E-state index in [0.717, 1.165) is 42.9 Å². The molecule has 1 heterocycles. The third-order valence-corrected chi connectivity index (χ3v) is 7.59. The number of anilines is 2. The van der Waals surface area contributed by atoms with Gasteiger partial charge < -0.3 is 20.9 Å². The number of benzene rings is 2. The lowest BCUT2D eigenvalue weighted by Crippen LogP contribution is -2.39. The van der Waals surface area contributed by atoms with Gasteiger partial charge in [-0.05, 0) is 62.1 Å². The summed E-state index contributed by atoms with van der Waals surface area (Å²) in [6.07, 6.45) is 4.61. The second kappa shape index (κ2) is 8.28. The molecule has 0 aromatic heterocycles. The van der Waals surface area contributed by atoms with Crippen molar-refractivity contribution in [2.45, 2.75) is 49.0 Å². The van der Waals surface area contributed by atoms with E-state index in [2.05, 4.69) is 24.4 Å². The molecular weight excluding hydrogens is 384 g/mol. The Morgan fingerprint density at radius 2 is 1.97 bits per heavy atom. The molecule has 29 heavy (non-hydrogen) atoms. The minimum Gasteiger partial charge on any atom is -0.478 e. The molecule has 0 amide bonds. The van der Waals surface area contributed by atoms with E-state index in [-0.39, 0.29) is 10.4 Å². The quantitative estimate of drug-likeness (QED) is 0.564. The normalized spacial score (nSPS) is 26.0. The summed E-state index contributed by atoms with van der Waals surface area (Å²) in [7, 11) is 0. The molecule has 0 saturated heterocycles. The number of nitrogens with one attached hydrogen (secondary N) is 1. The van der Waals surface area contributed by atoms with Gasteiger partial charge >= 0.3 is 5.97 Å². The van der Waals surface area contributed by atoms with E-state index in [1.807, 2.05) is 18.2 Å². The van der Waals surface area contributed by atoms with Gasteiger partial charge in [-0.2, -0.15) is 0 Å². The van der Waals surface area contributed by atoms with E-state index in [1.54, 1.807) is 23.9 Å². The molecule has 1 saturated carbocycles. The molecule has 1 unspecified atom stereocenters. The first-order chi connectivity index (χ1) is 13.9. The van der Waals surface area contributed by atoms with Crippen molar-refractivity contribution in [1.82, 2.24) is 0 Å². The summed E-state index contributed by atoms with van der Waals surface area (Å²) in [4.78, 5) is 12.3. The number of nitrogens with two attached hydrogens (primary N) is 1. The molecule has 0 radical (unpaired) electrons. The zero-order valence-electron chi connectivity index (χ0n) is 16.7. The van der Waals surface area contributed by atoms with Gasteiger partial charge in [0.2, 0.25) is 0 Å². The van der Waals surface area contributed by atoms with Crippen LogP contribution in [0.4, 0.5) is 11.4 Å². The number of carboxylic acid groups (broad SMARTS) is 1. The molecule has 4 N–H and O–H groups in total. The van der Waals surface area contributed by atoms with Crippen LogP contribution in [0.5, 0.6) is 0 Å².